The Balaban J connectivity index is 2.08. The summed E-state index contributed by atoms with van der Waals surface area (Å²) in [6, 6.07) is 2.75. The summed E-state index contributed by atoms with van der Waals surface area (Å²) in [5.41, 5.74) is 0.913. The van der Waals surface area contributed by atoms with Gasteiger partial charge in [-0.05, 0) is 26.0 Å². The average Bonchev–Trinajstić information content (AvgIpc) is 3.01. The first-order valence-electron chi connectivity index (χ1n) is 9.83. The molecular formula is C23H24O6. The summed E-state index contributed by atoms with van der Waals surface area (Å²) in [7, 11) is 0. The number of aromatic hydroxyl groups is 2. The van der Waals surface area contributed by atoms with E-state index in [0.29, 0.717) is 22.5 Å². The van der Waals surface area contributed by atoms with Crippen LogP contribution < -0.4 is 14.9 Å². The zero-order chi connectivity index (χ0) is 21.0. The van der Waals surface area contributed by atoms with Crippen LogP contribution in [0.4, 0.5) is 0 Å². The van der Waals surface area contributed by atoms with Crippen molar-refractivity contribution in [1.29, 1.82) is 0 Å². The molecule has 3 heterocycles. The second-order valence-corrected chi connectivity index (χ2v) is 9.32. The van der Waals surface area contributed by atoms with E-state index >= 15 is 0 Å². The van der Waals surface area contributed by atoms with Gasteiger partial charge in [0.05, 0.1) is 5.39 Å². The first-order valence-corrected chi connectivity index (χ1v) is 9.83. The van der Waals surface area contributed by atoms with Crippen molar-refractivity contribution in [3.8, 4) is 23.0 Å². The van der Waals surface area contributed by atoms with E-state index in [1.807, 2.05) is 27.7 Å². The molecule has 29 heavy (non-hydrogen) atoms. The average molecular weight is 396 g/mol. The quantitative estimate of drug-likeness (QED) is 0.430. The van der Waals surface area contributed by atoms with Gasteiger partial charge in [0.15, 0.2) is 11.3 Å². The second-order valence-electron chi connectivity index (χ2n) is 9.32. The van der Waals surface area contributed by atoms with E-state index in [-0.39, 0.29) is 39.8 Å². The van der Waals surface area contributed by atoms with Gasteiger partial charge >= 0.3 is 0 Å². The van der Waals surface area contributed by atoms with Crippen LogP contribution >= 0.6 is 0 Å². The lowest BCUT2D eigenvalue weighted by atomic mass is 9.75. The monoisotopic (exact) mass is 396 g/mol. The Morgan fingerprint density at radius 2 is 1.45 bits per heavy atom. The fourth-order valence-corrected chi connectivity index (χ4v) is 4.53. The van der Waals surface area contributed by atoms with Crippen LogP contribution in [0.25, 0.3) is 21.9 Å². The lowest BCUT2D eigenvalue weighted by molar-refractivity contribution is 0.174. The highest BCUT2D eigenvalue weighted by molar-refractivity contribution is 6.00. The van der Waals surface area contributed by atoms with E-state index in [1.54, 1.807) is 0 Å². The molecular weight excluding hydrogens is 372 g/mol. The smallest absolute Gasteiger partial charge is 0.204 e. The fraction of sp³-hybridized carbons (Fsp3) is 0.435. The first-order chi connectivity index (χ1) is 13.5. The highest BCUT2D eigenvalue weighted by Crippen LogP contribution is 2.58. The summed E-state index contributed by atoms with van der Waals surface area (Å²) in [6.07, 6.45) is -0.296. The maximum atomic E-state index is 13.5. The van der Waals surface area contributed by atoms with Gasteiger partial charge in [0.25, 0.3) is 0 Å². The van der Waals surface area contributed by atoms with Crippen molar-refractivity contribution in [2.75, 3.05) is 0 Å². The predicted octanol–water partition coefficient (Wildman–Crippen LogP) is 4.47. The van der Waals surface area contributed by atoms with Crippen LogP contribution in [-0.2, 0) is 10.8 Å². The molecule has 152 valence electrons. The van der Waals surface area contributed by atoms with Crippen molar-refractivity contribution < 1.29 is 24.1 Å². The molecule has 2 aliphatic heterocycles. The van der Waals surface area contributed by atoms with E-state index in [9.17, 15) is 15.0 Å². The molecule has 0 spiro atoms. The highest BCUT2D eigenvalue weighted by Gasteiger charge is 2.51. The third-order valence-corrected chi connectivity index (χ3v) is 7.06. The summed E-state index contributed by atoms with van der Waals surface area (Å²) in [5.74, 6) is 0.397. The number of phenols is 2. The largest absolute Gasteiger partial charge is 0.504 e. The van der Waals surface area contributed by atoms with Gasteiger partial charge in [-0.1, -0.05) is 27.7 Å². The molecule has 0 saturated carbocycles. The number of hydrogen-bond acceptors (Lipinski definition) is 6. The molecule has 0 aliphatic carbocycles. The number of hydrogen-bond donors (Lipinski definition) is 2. The Kier molecular flexibility index (Phi) is 3.24. The second kappa shape index (κ2) is 5.17. The number of ether oxygens (including phenoxy) is 2. The zero-order valence-corrected chi connectivity index (χ0v) is 17.3. The molecule has 2 atom stereocenters. The summed E-state index contributed by atoms with van der Waals surface area (Å²) >= 11 is 0. The lowest BCUT2D eigenvalue weighted by Crippen LogP contribution is -2.29. The van der Waals surface area contributed by atoms with Crippen molar-refractivity contribution in [1.82, 2.24) is 0 Å². The number of rotatable bonds is 0. The van der Waals surface area contributed by atoms with Gasteiger partial charge in [0, 0.05) is 22.0 Å². The van der Waals surface area contributed by atoms with Crippen LogP contribution in [-0.4, -0.2) is 22.4 Å². The van der Waals surface area contributed by atoms with Gasteiger partial charge in [0.1, 0.15) is 34.7 Å². The molecule has 0 saturated heterocycles. The maximum absolute atomic E-state index is 13.5. The first kappa shape index (κ1) is 18.2. The minimum Gasteiger partial charge on any atom is -0.504 e. The minimum atomic E-state index is -0.449. The standard InChI is InChI=1S/C23H24O6/c1-9-22(3,4)14-19(27-9)13-16(25)11-7-8-12(24)17(26)18(11)29-20(13)15-21(14)28-10(2)23(15,5)6/h7-10,24,26H,1-6H3. The molecule has 5 rings (SSSR count). The molecule has 6 heteroatoms. The molecule has 0 amide bonds. The predicted molar refractivity (Wildman–Crippen MR) is 110 cm³/mol. The summed E-state index contributed by atoms with van der Waals surface area (Å²) in [4.78, 5) is 13.5. The molecule has 2 aliphatic rings. The number of benzene rings is 2. The lowest BCUT2D eigenvalue weighted by Gasteiger charge is -2.24. The van der Waals surface area contributed by atoms with E-state index < -0.39 is 11.2 Å². The fourth-order valence-electron chi connectivity index (χ4n) is 4.53. The van der Waals surface area contributed by atoms with Crippen LogP contribution in [0.2, 0.25) is 0 Å². The van der Waals surface area contributed by atoms with Crippen molar-refractivity contribution in [2.24, 2.45) is 0 Å². The molecule has 2 unspecified atom stereocenters. The Hall–Kier alpha value is -2.89. The van der Waals surface area contributed by atoms with Crippen molar-refractivity contribution >= 4 is 21.9 Å². The van der Waals surface area contributed by atoms with Crippen molar-refractivity contribution in [2.45, 2.75) is 64.6 Å². The van der Waals surface area contributed by atoms with E-state index in [0.717, 1.165) is 11.1 Å². The van der Waals surface area contributed by atoms with Gasteiger partial charge < -0.3 is 24.1 Å². The molecule has 0 bridgehead atoms. The van der Waals surface area contributed by atoms with Crippen molar-refractivity contribution in [3.63, 3.8) is 0 Å². The number of fused-ring (bicyclic) bond motifs is 7. The van der Waals surface area contributed by atoms with E-state index in [2.05, 4.69) is 13.8 Å². The van der Waals surface area contributed by atoms with Crippen LogP contribution in [0.5, 0.6) is 23.0 Å². The molecule has 0 fully saturated rings. The van der Waals surface area contributed by atoms with E-state index in [1.165, 1.54) is 12.1 Å². The Bertz CT molecular complexity index is 1280. The van der Waals surface area contributed by atoms with Crippen LogP contribution in [0.1, 0.15) is 52.7 Å². The maximum Gasteiger partial charge on any atom is 0.204 e. The summed E-state index contributed by atoms with van der Waals surface area (Å²) < 4.78 is 18.6. The third kappa shape index (κ3) is 1.99. The summed E-state index contributed by atoms with van der Waals surface area (Å²) in [5, 5.41) is 20.8. The molecule has 1 aromatic heterocycles. The topological polar surface area (TPSA) is 89.1 Å². The van der Waals surface area contributed by atoms with Gasteiger partial charge in [-0.25, -0.2) is 0 Å². The molecule has 2 N–H and O–H groups in total. The highest BCUT2D eigenvalue weighted by atomic mass is 16.5. The Labute approximate surface area is 167 Å². The minimum absolute atomic E-state index is 0.0368. The third-order valence-electron chi connectivity index (χ3n) is 7.06. The Morgan fingerprint density at radius 3 is 2.10 bits per heavy atom. The zero-order valence-electron chi connectivity index (χ0n) is 17.3. The molecule has 6 nitrogen and oxygen atoms in total. The van der Waals surface area contributed by atoms with Gasteiger partial charge in [-0.2, -0.15) is 0 Å². The van der Waals surface area contributed by atoms with Gasteiger partial charge in [0.2, 0.25) is 11.2 Å². The number of phenolic OH excluding ortho intramolecular Hbond substituents is 2. The van der Waals surface area contributed by atoms with E-state index in [4.69, 9.17) is 13.9 Å². The normalized spacial score (nSPS) is 23.7. The summed E-state index contributed by atoms with van der Waals surface area (Å²) in [6.45, 7) is 12.2. The van der Waals surface area contributed by atoms with Crippen LogP contribution in [0.3, 0.4) is 0 Å². The Morgan fingerprint density at radius 1 is 0.862 bits per heavy atom. The molecule has 0 radical (unpaired) electrons. The van der Waals surface area contributed by atoms with Crippen LogP contribution in [0.15, 0.2) is 21.3 Å². The van der Waals surface area contributed by atoms with Crippen LogP contribution in [0, 0.1) is 0 Å². The van der Waals surface area contributed by atoms with Gasteiger partial charge in [-0.15, -0.1) is 0 Å². The van der Waals surface area contributed by atoms with Gasteiger partial charge in [-0.3, -0.25) is 4.79 Å². The molecule has 3 aromatic rings. The SMILES string of the molecule is CC1Oc2c(c3c(c4oc5c(O)c(O)ccc5c(=O)c24)C(C)(C)C(C)O3)C1(C)C. The van der Waals surface area contributed by atoms with Crippen molar-refractivity contribution in [3.05, 3.63) is 33.5 Å². The molecule has 2 aromatic carbocycles.